The molecule has 1 amide bonds. The first-order valence-electron chi connectivity index (χ1n) is 7.04. The van der Waals surface area contributed by atoms with Gasteiger partial charge in [-0.1, -0.05) is 6.92 Å². The molecule has 6 nitrogen and oxygen atoms in total. The normalized spacial score (nSPS) is 19.9. The fraction of sp³-hybridized carbons (Fsp3) is 0.846. The molecule has 2 N–H and O–H groups in total. The number of rotatable bonds is 6. The number of ether oxygens (including phenoxy) is 1. The summed E-state index contributed by atoms with van der Waals surface area (Å²) in [5.74, 6) is 1.88. The van der Waals surface area contributed by atoms with E-state index in [0.717, 1.165) is 31.2 Å². The third-order valence-electron chi connectivity index (χ3n) is 3.14. The van der Waals surface area contributed by atoms with E-state index in [2.05, 4.69) is 27.4 Å². The summed E-state index contributed by atoms with van der Waals surface area (Å²) >= 11 is 2.02. The van der Waals surface area contributed by atoms with Crippen molar-refractivity contribution in [2.24, 2.45) is 4.99 Å². The molecule has 116 valence electrons. The lowest BCUT2D eigenvalue weighted by Crippen LogP contribution is -2.50. The van der Waals surface area contributed by atoms with E-state index in [-0.39, 0.29) is 12.5 Å². The molecule has 0 aliphatic carbocycles. The average Bonchev–Trinajstić information content (AvgIpc) is 2.48. The van der Waals surface area contributed by atoms with Gasteiger partial charge in [0.15, 0.2) is 5.96 Å². The molecule has 1 heterocycles. The number of nitrogens with zero attached hydrogens (tertiary/aromatic N) is 2. The predicted octanol–water partition coefficient (Wildman–Crippen LogP) is 0.152. The van der Waals surface area contributed by atoms with Gasteiger partial charge in [-0.25, -0.2) is 0 Å². The van der Waals surface area contributed by atoms with Crippen molar-refractivity contribution in [2.75, 3.05) is 52.7 Å². The maximum absolute atomic E-state index is 11.6. The van der Waals surface area contributed by atoms with E-state index in [0.29, 0.717) is 18.4 Å². The lowest BCUT2D eigenvalue weighted by Gasteiger charge is -2.34. The number of methoxy groups -OCH3 is 1. The highest BCUT2D eigenvalue weighted by Crippen LogP contribution is 2.20. The minimum atomic E-state index is -0.0402. The van der Waals surface area contributed by atoms with Crippen molar-refractivity contribution in [1.82, 2.24) is 15.5 Å². The number of guanidine groups is 1. The van der Waals surface area contributed by atoms with Gasteiger partial charge in [0.25, 0.3) is 0 Å². The zero-order valence-electron chi connectivity index (χ0n) is 12.6. The number of aliphatic imine (C=N–C) groups is 1. The highest BCUT2D eigenvalue weighted by atomic mass is 32.2. The van der Waals surface area contributed by atoms with Crippen molar-refractivity contribution in [3.05, 3.63) is 0 Å². The molecule has 20 heavy (non-hydrogen) atoms. The maximum Gasteiger partial charge on any atom is 0.239 e. The Bertz CT molecular complexity index is 325. The third-order valence-corrected chi connectivity index (χ3v) is 4.51. The molecule has 0 aromatic rings. The summed E-state index contributed by atoms with van der Waals surface area (Å²) < 4.78 is 4.89. The summed E-state index contributed by atoms with van der Waals surface area (Å²) in [7, 11) is 3.37. The van der Waals surface area contributed by atoms with Crippen molar-refractivity contribution in [1.29, 1.82) is 0 Å². The molecule has 0 aromatic carbocycles. The highest BCUT2D eigenvalue weighted by Gasteiger charge is 2.21. The molecule has 1 aliphatic rings. The lowest BCUT2D eigenvalue weighted by atomic mass is 10.3. The zero-order chi connectivity index (χ0) is 14.8. The van der Waals surface area contributed by atoms with Gasteiger partial charge in [-0.2, -0.15) is 11.8 Å². The predicted molar refractivity (Wildman–Crippen MR) is 84.4 cm³/mol. The Morgan fingerprint density at radius 2 is 2.30 bits per heavy atom. The van der Waals surface area contributed by atoms with Crippen molar-refractivity contribution in [3.63, 3.8) is 0 Å². The van der Waals surface area contributed by atoms with Crippen LogP contribution in [0.5, 0.6) is 0 Å². The van der Waals surface area contributed by atoms with Crippen molar-refractivity contribution >= 4 is 23.6 Å². The van der Waals surface area contributed by atoms with E-state index in [1.165, 1.54) is 0 Å². The van der Waals surface area contributed by atoms with Crippen LogP contribution in [0.25, 0.3) is 0 Å². The fourth-order valence-electron chi connectivity index (χ4n) is 2.01. The monoisotopic (exact) mass is 302 g/mol. The largest absolute Gasteiger partial charge is 0.383 e. The molecule has 0 spiro atoms. The van der Waals surface area contributed by atoms with Gasteiger partial charge in [-0.05, 0) is 6.42 Å². The zero-order valence-corrected chi connectivity index (χ0v) is 13.5. The third kappa shape index (κ3) is 6.00. The summed E-state index contributed by atoms with van der Waals surface area (Å²) in [4.78, 5) is 18.1. The summed E-state index contributed by atoms with van der Waals surface area (Å²) in [6, 6.07) is 0. The van der Waals surface area contributed by atoms with Crippen LogP contribution < -0.4 is 10.6 Å². The average molecular weight is 302 g/mol. The Balaban J connectivity index is 2.34. The highest BCUT2D eigenvalue weighted by molar-refractivity contribution is 8.00. The van der Waals surface area contributed by atoms with Gasteiger partial charge in [-0.15, -0.1) is 0 Å². The molecule has 1 unspecified atom stereocenters. The van der Waals surface area contributed by atoms with Gasteiger partial charge in [0.1, 0.15) is 0 Å². The van der Waals surface area contributed by atoms with E-state index in [1.54, 1.807) is 14.2 Å². The van der Waals surface area contributed by atoms with Crippen LogP contribution in [0.4, 0.5) is 0 Å². The fourth-order valence-corrected chi connectivity index (χ4v) is 3.19. The van der Waals surface area contributed by atoms with Crippen molar-refractivity contribution < 1.29 is 9.53 Å². The number of carbonyl (C=O) groups is 1. The summed E-state index contributed by atoms with van der Waals surface area (Å²) in [6.07, 6.45) is 1.16. The molecular weight excluding hydrogens is 276 g/mol. The molecule has 7 heteroatoms. The molecule has 1 rings (SSSR count). The smallest absolute Gasteiger partial charge is 0.239 e. The molecular formula is C13H26N4O2S. The second-order valence-corrected chi connectivity index (χ2v) is 6.00. The molecule has 1 atom stereocenters. The summed E-state index contributed by atoms with van der Waals surface area (Å²) in [6.45, 7) is 5.49. The van der Waals surface area contributed by atoms with E-state index in [9.17, 15) is 4.79 Å². The van der Waals surface area contributed by atoms with Crippen molar-refractivity contribution in [2.45, 2.75) is 18.6 Å². The number of nitrogens with one attached hydrogen (secondary N) is 2. The SMILES string of the molecule is CCC1CN(C(=NC)NCC(=O)NCCOC)CCS1. The standard InChI is InChI=1S/C13H26N4O2S/c1-4-11-10-17(6-8-20-11)13(14-2)16-9-12(18)15-5-7-19-3/h11H,4-10H2,1-3H3,(H,14,16)(H,15,18). The Labute approximate surface area is 125 Å². The molecule has 0 bridgehead atoms. The minimum absolute atomic E-state index is 0.0402. The molecule has 1 saturated heterocycles. The second kappa shape index (κ2) is 9.88. The van der Waals surface area contributed by atoms with Gasteiger partial charge in [0, 0.05) is 44.8 Å². The molecule has 1 aliphatic heterocycles. The van der Waals surface area contributed by atoms with E-state index in [4.69, 9.17) is 4.74 Å². The number of amides is 1. The Morgan fingerprint density at radius 1 is 1.50 bits per heavy atom. The van der Waals surface area contributed by atoms with Crippen LogP contribution in [0.1, 0.15) is 13.3 Å². The molecule has 0 radical (unpaired) electrons. The number of hydrogen-bond acceptors (Lipinski definition) is 4. The van der Waals surface area contributed by atoms with Crippen LogP contribution in [0, 0.1) is 0 Å². The molecule has 1 fully saturated rings. The Kier molecular flexibility index (Phi) is 8.45. The van der Waals surface area contributed by atoms with Gasteiger partial charge >= 0.3 is 0 Å². The molecule has 0 aromatic heterocycles. The van der Waals surface area contributed by atoms with Crippen LogP contribution in [-0.2, 0) is 9.53 Å². The summed E-state index contributed by atoms with van der Waals surface area (Å²) in [5.41, 5.74) is 0. The maximum atomic E-state index is 11.6. The van der Waals surface area contributed by atoms with Gasteiger partial charge in [0.05, 0.1) is 13.2 Å². The Morgan fingerprint density at radius 3 is 2.95 bits per heavy atom. The number of carbonyl (C=O) groups excluding carboxylic acids is 1. The van der Waals surface area contributed by atoms with Gasteiger partial charge in [-0.3, -0.25) is 9.79 Å². The molecule has 0 saturated carbocycles. The number of hydrogen-bond donors (Lipinski definition) is 2. The quantitative estimate of drug-likeness (QED) is 0.415. The summed E-state index contributed by atoms with van der Waals surface area (Å²) in [5, 5.41) is 6.56. The first-order valence-corrected chi connectivity index (χ1v) is 8.09. The van der Waals surface area contributed by atoms with Crippen LogP contribution in [-0.4, -0.2) is 74.7 Å². The van der Waals surface area contributed by atoms with Crippen LogP contribution in [0.2, 0.25) is 0 Å². The van der Waals surface area contributed by atoms with Crippen LogP contribution >= 0.6 is 11.8 Å². The topological polar surface area (TPSA) is 66.0 Å². The first-order chi connectivity index (χ1) is 9.71. The van der Waals surface area contributed by atoms with E-state index < -0.39 is 0 Å². The van der Waals surface area contributed by atoms with Gasteiger partial charge in [0.2, 0.25) is 5.91 Å². The van der Waals surface area contributed by atoms with Crippen molar-refractivity contribution in [3.8, 4) is 0 Å². The minimum Gasteiger partial charge on any atom is -0.383 e. The lowest BCUT2D eigenvalue weighted by molar-refractivity contribution is -0.120. The van der Waals surface area contributed by atoms with Crippen LogP contribution in [0.3, 0.4) is 0 Å². The first kappa shape index (κ1) is 17.1. The second-order valence-electron chi connectivity index (χ2n) is 4.59. The Hall–Kier alpha value is -0.950. The van der Waals surface area contributed by atoms with Gasteiger partial charge < -0.3 is 20.3 Å². The van der Waals surface area contributed by atoms with Crippen LogP contribution in [0.15, 0.2) is 4.99 Å². The van der Waals surface area contributed by atoms with E-state index >= 15 is 0 Å². The van der Waals surface area contributed by atoms with E-state index in [1.807, 2.05) is 11.8 Å². The number of thioether (sulfide) groups is 1.